The molecule has 1 rings (SSSR count). The fraction of sp³-hybridized carbons (Fsp3) is 0.765. The topological polar surface area (TPSA) is 39.2 Å². The summed E-state index contributed by atoms with van der Waals surface area (Å²) < 4.78 is 5.81. The maximum Gasteiger partial charge on any atom is 0.330 e. The number of hydrogen-bond donors (Lipinski definition) is 0. The van der Waals surface area contributed by atoms with Crippen LogP contribution >= 0.6 is 11.6 Å². The van der Waals surface area contributed by atoms with E-state index in [9.17, 15) is 4.79 Å². The van der Waals surface area contributed by atoms with E-state index in [1.807, 2.05) is 6.07 Å². The van der Waals surface area contributed by atoms with Crippen molar-refractivity contribution >= 4 is 17.6 Å². The van der Waals surface area contributed by atoms with E-state index in [1.165, 1.54) is 128 Å². The second kappa shape index (κ2) is 24.7. The number of esters is 1. The van der Waals surface area contributed by atoms with Gasteiger partial charge in [-0.05, 0) is 37.3 Å². The standard InChI is InChI=1S/C34H58ClNO2/c1-4-7-9-11-13-14-15-16-17-18-19-21-22-24-26-31-30(28-29-36-34(31)35)32(38-33(37)6-3)27-25-23-20-12-10-8-5-2/h6,28-29,32H,3-5,7-27H2,1-2H3. The minimum absolute atomic E-state index is 0.279. The molecule has 1 unspecified atom stereocenters. The Kier molecular flexibility index (Phi) is 22.5. The Bertz CT molecular complexity index is 720. The second-order valence-electron chi connectivity index (χ2n) is 11.1. The van der Waals surface area contributed by atoms with Crippen LogP contribution in [0, 0.1) is 0 Å². The van der Waals surface area contributed by atoms with Crippen LogP contribution in [0.2, 0.25) is 5.15 Å². The quantitative estimate of drug-likeness (QED) is 0.0500. The number of aromatic nitrogens is 1. The fourth-order valence-corrected chi connectivity index (χ4v) is 5.54. The SMILES string of the molecule is C=CC(=O)OC(CCCCCCCCC)c1ccnc(Cl)c1CCCCCCCCCCCCCCCC. The Morgan fingerprint density at radius 1 is 0.789 bits per heavy atom. The highest BCUT2D eigenvalue weighted by Crippen LogP contribution is 2.31. The van der Waals surface area contributed by atoms with Crippen molar-refractivity contribution in [3.63, 3.8) is 0 Å². The van der Waals surface area contributed by atoms with E-state index in [4.69, 9.17) is 16.3 Å². The van der Waals surface area contributed by atoms with E-state index < -0.39 is 0 Å². The molecule has 0 aliphatic carbocycles. The van der Waals surface area contributed by atoms with Crippen molar-refractivity contribution in [3.8, 4) is 0 Å². The highest BCUT2D eigenvalue weighted by molar-refractivity contribution is 6.30. The van der Waals surface area contributed by atoms with E-state index in [2.05, 4.69) is 25.4 Å². The molecule has 1 atom stereocenters. The molecule has 0 aromatic carbocycles. The average molecular weight is 548 g/mol. The van der Waals surface area contributed by atoms with Crippen molar-refractivity contribution < 1.29 is 9.53 Å². The molecule has 3 nitrogen and oxygen atoms in total. The summed E-state index contributed by atoms with van der Waals surface area (Å²) in [7, 11) is 0. The Hall–Kier alpha value is -1.35. The van der Waals surface area contributed by atoms with Crippen molar-refractivity contribution in [1.82, 2.24) is 4.98 Å². The number of carbonyl (C=O) groups is 1. The first kappa shape index (κ1) is 34.7. The number of hydrogen-bond acceptors (Lipinski definition) is 3. The molecule has 38 heavy (non-hydrogen) atoms. The first-order valence-electron chi connectivity index (χ1n) is 16.1. The molecular weight excluding hydrogens is 490 g/mol. The van der Waals surface area contributed by atoms with Crippen molar-refractivity contribution in [2.75, 3.05) is 0 Å². The van der Waals surface area contributed by atoms with Gasteiger partial charge in [-0.2, -0.15) is 0 Å². The summed E-state index contributed by atoms with van der Waals surface area (Å²) in [4.78, 5) is 16.5. The highest BCUT2D eigenvalue weighted by Gasteiger charge is 2.20. The summed E-state index contributed by atoms with van der Waals surface area (Å²) in [5.41, 5.74) is 2.08. The predicted octanol–water partition coefficient (Wildman–Crippen LogP) is 11.7. The number of halogens is 1. The van der Waals surface area contributed by atoms with Gasteiger partial charge in [-0.15, -0.1) is 0 Å². The average Bonchev–Trinajstić information content (AvgIpc) is 2.92. The van der Waals surface area contributed by atoms with Gasteiger partial charge in [0.1, 0.15) is 11.3 Å². The third-order valence-corrected chi connectivity index (χ3v) is 7.99. The minimum Gasteiger partial charge on any atom is -0.454 e. The lowest BCUT2D eigenvalue weighted by Crippen LogP contribution is -2.12. The molecule has 0 aliphatic heterocycles. The Labute approximate surface area is 240 Å². The van der Waals surface area contributed by atoms with E-state index >= 15 is 0 Å². The lowest BCUT2D eigenvalue weighted by Gasteiger charge is -2.21. The molecule has 0 N–H and O–H groups in total. The third-order valence-electron chi connectivity index (χ3n) is 7.66. The zero-order chi connectivity index (χ0) is 27.7. The number of rotatable bonds is 26. The van der Waals surface area contributed by atoms with Crippen molar-refractivity contribution in [3.05, 3.63) is 41.2 Å². The molecular formula is C34H58ClNO2. The summed E-state index contributed by atoms with van der Waals surface area (Å²) in [5.74, 6) is -0.367. The van der Waals surface area contributed by atoms with E-state index in [0.29, 0.717) is 5.15 Å². The molecule has 0 aliphatic rings. The highest BCUT2D eigenvalue weighted by atomic mass is 35.5. The summed E-state index contributed by atoms with van der Waals surface area (Å²) in [5, 5.41) is 0.552. The Morgan fingerprint density at radius 2 is 1.24 bits per heavy atom. The molecule has 0 bridgehead atoms. The van der Waals surface area contributed by atoms with Crippen LogP contribution in [0.15, 0.2) is 24.9 Å². The number of nitrogens with zero attached hydrogens (tertiary/aromatic N) is 1. The molecule has 0 saturated heterocycles. The summed E-state index contributed by atoms with van der Waals surface area (Å²) in [6.45, 7) is 8.12. The van der Waals surface area contributed by atoms with Crippen LogP contribution in [-0.4, -0.2) is 11.0 Å². The molecule has 1 aromatic rings. The van der Waals surface area contributed by atoms with Gasteiger partial charge >= 0.3 is 5.97 Å². The maximum absolute atomic E-state index is 12.1. The van der Waals surface area contributed by atoms with Crippen molar-refractivity contribution in [1.29, 1.82) is 0 Å². The molecule has 4 heteroatoms. The van der Waals surface area contributed by atoms with Gasteiger partial charge in [0.25, 0.3) is 0 Å². The minimum atomic E-state index is -0.367. The van der Waals surface area contributed by atoms with Gasteiger partial charge in [-0.25, -0.2) is 9.78 Å². The van der Waals surface area contributed by atoms with E-state index in [0.717, 1.165) is 36.8 Å². The lowest BCUT2D eigenvalue weighted by molar-refractivity contribution is -0.143. The van der Waals surface area contributed by atoms with Gasteiger partial charge in [0, 0.05) is 17.8 Å². The van der Waals surface area contributed by atoms with Crippen LogP contribution in [0.4, 0.5) is 0 Å². The fourth-order valence-electron chi connectivity index (χ4n) is 5.28. The monoisotopic (exact) mass is 547 g/mol. The smallest absolute Gasteiger partial charge is 0.330 e. The third kappa shape index (κ3) is 17.3. The molecule has 1 aromatic heterocycles. The second-order valence-corrected chi connectivity index (χ2v) is 11.4. The zero-order valence-electron chi connectivity index (χ0n) is 24.9. The van der Waals surface area contributed by atoms with Crippen LogP contribution in [0.1, 0.15) is 172 Å². The molecule has 0 radical (unpaired) electrons. The maximum atomic E-state index is 12.1. The summed E-state index contributed by atoms with van der Waals surface area (Å²) in [6.07, 6.45) is 31.9. The van der Waals surface area contributed by atoms with Crippen LogP contribution in [0.3, 0.4) is 0 Å². The van der Waals surface area contributed by atoms with Gasteiger partial charge in [0.2, 0.25) is 0 Å². The Balaban J connectivity index is 2.39. The largest absolute Gasteiger partial charge is 0.454 e. The molecule has 0 fully saturated rings. The summed E-state index contributed by atoms with van der Waals surface area (Å²) in [6, 6.07) is 1.99. The van der Waals surface area contributed by atoms with Crippen molar-refractivity contribution in [2.45, 2.75) is 168 Å². The molecule has 0 saturated carbocycles. The number of unbranched alkanes of at least 4 members (excludes halogenated alkanes) is 19. The van der Waals surface area contributed by atoms with Crippen molar-refractivity contribution in [2.24, 2.45) is 0 Å². The van der Waals surface area contributed by atoms with E-state index in [-0.39, 0.29) is 12.1 Å². The first-order chi connectivity index (χ1) is 18.6. The van der Waals surface area contributed by atoms with Gasteiger partial charge in [0.05, 0.1) is 0 Å². The lowest BCUT2D eigenvalue weighted by atomic mass is 9.95. The first-order valence-corrected chi connectivity index (χ1v) is 16.5. The Morgan fingerprint density at radius 3 is 1.71 bits per heavy atom. The van der Waals surface area contributed by atoms with Gasteiger partial charge in [-0.3, -0.25) is 0 Å². The normalized spacial score (nSPS) is 12.0. The number of ether oxygens (including phenoxy) is 1. The van der Waals surface area contributed by atoms with Gasteiger partial charge in [-0.1, -0.05) is 154 Å². The predicted molar refractivity (Wildman–Crippen MR) is 165 cm³/mol. The summed E-state index contributed by atoms with van der Waals surface area (Å²) >= 11 is 6.56. The van der Waals surface area contributed by atoms with Crippen LogP contribution < -0.4 is 0 Å². The molecule has 1 heterocycles. The zero-order valence-corrected chi connectivity index (χ0v) is 25.7. The molecule has 0 amide bonds. The number of pyridine rings is 1. The number of carbonyl (C=O) groups excluding carboxylic acids is 1. The van der Waals surface area contributed by atoms with Gasteiger partial charge < -0.3 is 4.74 Å². The van der Waals surface area contributed by atoms with Crippen LogP contribution in [-0.2, 0) is 16.0 Å². The molecule has 218 valence electrons. The van der Waals surface area contributed by atoms with E-state index in [1.54, 1.807) is 6.20 Å². The van der Waals surface area contributed by atoms with Crippen LogP contribution in [0.5, 0.6) is 0 Å². The molecule has 0 spiro atoms. The van der Waals surface area contributed by atoms with Crippen LogP contribution in [0.25, 0.3) is 0 Å². The van der Waals surface area contributed by atoms with Gasteiger partial charge in [0.15, 0.2) is 0 Å².